The van der Waals surface area contributed by atoms with Gasteiger partial charge in [0, 0.05) is 17.8 Å². The first-order valence-electron chi connectivity index (χ1n) is 5.71. The van der Waals surface area contributed by atoms with Crippen LogP contribution in [-0.4, -0.2) is 9.78 Å². The van der Waals surface area contributed by atoms with E-state index < -0.39 is 0 Å². The molecule has 2 heterocycles. The number of thiophene rings is 1. The zero-order valence-electron chi connectivity index (χ0n) is 9.77. The molecule has 1 atom stereocenters. The standard InChI is InChI=1S/C12H16ClN3S/c1-2-5-16-12(10(13)8-15-16)11(14)7-9-4-3-6-17-9/h3-4,6,8,11H,2,5,7,14H2,1H3. The Labute approximate surface area is 110 Å². The highest BCUT2D eigenvalue weighted by Crippen LogP contribution is 2.25. The van der Waals surface area contributed by atoms with Crippen molar-refractivity contribution in [2.24, 2.45) is 5.73 Å². The van der Waals surface area contributed by atoms with E-state index in [2.05, 4.69) is 23.5 Å². The molecule has 92 valence electrons. The van der Waals surface area contributed by atoms with Gasteiger partial charge < -0.3 is 5.73 Å². The lowest BCUT2D eigenvalue weighted by Gasteiger charge is -2.13. The van der Waals surface area contributed by atoms with E-state index in [0.29, 0.717) is 5.02 Å². The second-order valence-electron chi connectivity index (χ2n) is 3.99. The fraction of sp³-hybridized carbons (Fsp3) is 0.417. The predicted molar refractivity (Wildman–Crippen MR) is 72.5 cm³/mol. The van der Waals surface area contributed by atoms with Crippen LogP contribution in [0.25, 0.3) is 0 Å². The van der Waals surface area contributed by atoms with Crippen molar-refractivity contribution >= 4 is 22.9 Å². The van der Waals surface area contributed by atoms with E-state index in [1.54, 1.807) is 17.5 Å². The molecule has 0 radical (unpaired) electrons. The van der Waals surface area contributed by atoms with Gasteiger partial charge in [-0.15, -0.1) is 11.3 Å². The van der Waals surface area contributed by atoms with Crippen molar-refractivity contribution < 1.29 is 0 Å². The minimum absolute atomic E-state index is 0.0878. The van der Waals surface area contributed by atoms with E-state index in [0.717, 1.165) is 25.1 Å². The molecule has 0 saturated carbocycles. The number of nitrogens with two attached hydrogens (primary N) is 1. The molecule has 17 heavy (non-hydrogen) atoms. The van der Waals surface area contributed by atoms with Gasteiger partial charge in [-0.05, 0) is 17.9 Å². The summed E-state index contributed by atoms with van der Waals surface area (Å²) in [7, 11) is 0. The van der Waals surface area contributed by atoms with E-state index in [1.165, 1.54) is 4.88 Å². The molecule has 0 amide bonds. The summed E-state index contributed by atoms with van der Waals surface area (Å²) in [4.78, 5) is 1.28. The zero-order valence-corrected chi connectivity index (χ0v) is 11.3. The van der Waals surface area contributed by atoms with Crippen LogP contribution in [0.4, 0.5) is 0 Å². The van der Waals surface area contributed by atoms with E-state index in [-0.39, 0.29) is 6.04 Å². The lowest BCUT2D eigenvalue weighted by atomic mass is 10.1. The SMILES string of the molecule is CCCn1ncc(Cl)c1C(N)Cc1cccs1. The quantitative estimate of drug-likeness (QED) is 0.906. The highest BCUT2D eigenvalue weighted by atomic mass is 35.5. The minimum Gasteiger partial charge on any atom is -0.322 e. The van der Waals surface area contributed by atoms with Gasteiger partial charge in [0.05, 0.1) is 23.0 Å². The highest BCUT2D eigenvalue weighted by Gasteiger charge is 2.17. The van der Waals surface area contributed by atoms with Crippen LogP contribution < -0.4 is 5.73 Å². The molecule has 5 heteroatoms. The van der Waals surface area contributed by atoms with Crippen molar-refractivity contribution in [2.45, 2.75) is 32.4 Å². The molecule has 0 aliphatic rings. The Balaban J connectivity index is 2.17. The van der Waals surface area contributed by atoms with Crippen molar-refractivity contribution in [1.82, 2.24) is 9.78 Å². The topological polar surface area (TPSA) is 43.8 Å². The second-order valence-corrected chi connectivity index (χ2v) is 5.43. The lowest BCUT2D eigenvalue weighted by molar-refractivity contribution is 0.539. The number of nitrogens with zero attached hydrogens (tertiary/aromatic N) is 2. The van der Waals surface area contributed by atoms with E-state index in [9.17, 15) is 0 Å². The summed E-state index contributed by atoms with van der Waals surface area (Å²) in [5, 5.41) is 7.00. The van der Waals surface area contributed by atoms with Gasteiger partial charge in [0.15, 0.2) is 0 Å². The molecule has 0 aliphatic carbocycles. The summed E-state index contributed by atoms with van der Waals surface area (Å²) >= 11 is 7.88. The molecular formula is C12H16ClN3S. The highest BCUT2D eigenvalue weighted by molar-refractivity contribution is 7.09. The van der Waals surface area contributed by atoms with Crippen LogP contribution in [0.1, 0.15) is 30.0 Å². The van der Waals surface area contributed by atoms with Crippen LogP contribution in [-0.2, 0) is 13.0 Å². The first-order chi connectivity index (χ1) is 8.22. The Kier molecular flexibility index (Phi) is 4.20. The van der Waals surface area contributed by atoms with Crippen molar-refractivity contribution in [3.63, 3.8) is 0 Å². The normalized spacial score (nSPS) is 12.9. The van der Waals surface area contributed by atoms with Gasteiger partial charge in [0.25, 0.3) is 0 Å². The number of halogens is 1. The lowest BCUT2D eigenvalue weighted by Crippen LogP contribution is -2.18. The molecule has 2 aromatic heterocycles. The summed E-state index contributed by atoms with van der Waals surface area (Å²) in [6.45, 7) is 2.98. The number of aromatic nitrogens is 2. The molecule has 0 saturated heterocycles. The third-order valence-corrected chi connectivity index (χ3v) is 3.81. The van der Waals surface area contributed by atoms with Crippen LogP contribution in [0.5, 0.6) is 0 Å². The van der Waals surface area contributed by atoms with Crippen LogP contribution in [0, 0.1) is 0 Å². The molecule has 3 nitrogen and oxygen atoms in total. The fourth-order valence-electron chi connectivity index (χ4n) is 1.87. The number of rotatable bonds is 5. The van der Waals surface area contributed by atoms with Gasteiger partial charge in [0.2, 0.25) is 0 Å². The predicted octanol–water partition coefficient (Wildman–Crippen LogP) is 3.25. The van der Waals surface area contributed by atoms with Crippen molar-refractivity contribution in [2.75, 3.05) is 0 Å². The zero-order chi connectivity index (χ0) is 12.3. The maximum atomic E-state index is 6.22. The number of hydrogen-bond donors (Lipinski definition) is 1. The molecule has 0 aliphatic heterocycles. The third kappa shape index (κ3) is 2.89. The van der Waals surface area contributed by atoms with Crippen LogP contribution >= 0.6 is 22.9 Å². The van der Waals surface area contributed by atoms with Crippen molar-refractivity contribution in [3.05, 3.63) is 39.3 Å². The molecule has 2 N–H and O–H groups in total. The average molecular weight is 270 g/mol. The third-order valence-electron chi connectivity index (χ3n) is 2.62. The van der Waals surface area contributed by atoms with E-state index in [4.69, 9.17) is 17.3 Å². The number of aryl methyl sites for hydroxylation is 1. The Morgan fingerprint density at radius 1 is 1.59 bits per heavy atom. The Morgan fingerprint density at radius 3 is 3.06 bits per heavy atom. The van der Waals surface area contributed by atoms with E-state index in [1.807, 2.05) is 10.7 Å². The molecule has 0 bridgehead atoms. The van der Waals surface area contributed by atoms with E-state index >= 15 is 0 Å². The molecule has 1 unspecified atom stereocenters. The summed E-state index contributed by atoms with van der Waals surface area (Å²) in [5.41, 5.74) is 7.17. The molecule has 0 aromatic carbocycles. The minimum atomic E-state index is -0.0878. The molecule has 2 rings (SSSR count). The maximum Gasteiger partial charge on any atom is 0.0834 e. The van der Waals surface area contributed by atoms with Gasteiger partial charge in [-0.3, -0.25) is 4.68 Å². The molecular weight excluding hydrogens is 254 g/mol. The second kappa shape index (κ2) is 5.67. The first kappa shape index (κ1) is 12.6. The summed E-state index contributed by atoms with van der Waals surface area (Å²) in [5.74, 6) is 0. The smallest absolute Gasteiger partial charge is 0.0834 e. The van der Waals surface area contributed by atoms with Crippen LogP contribution in [0.15, 0.2) is 23.7 Å². The van der Waals surface area contributed by atoms with Crippen LogP contribution in [0.3, 0.4) is 0 Å². The first-order valence-corrected chi connectivity index (χ1v) is 6.97. The van der Waals surface area contributed by atoms with Gasteiger partial charge in [0.1, 0.15) is 0 Å². The largest absolute Gasteiger partial charge is 0.322 e. The molecule has 2 aromatic rings. The van der Waals surface area contributed by atoms with Gasteiger partial charge in [-0.25, -0.2) is 0 Å². The summed E-state index contributed by atoms with van der Waals surface area (Å²) in [6, 6.07) is 4.05. The molecule has 0 spiro atoms. The van der Waals surface area contributed by atoms with Crippen molar-refractivity contribution in [1.29, 1.82) is 0 Å². The monoisotopic (exact) mass is 269 g/mol. The molecule has 0 fully saturated rings. The summed E-state index contributed by atoms with van der Waals surface area (Å²) < 4.78 is 1.92. The maximum absolute atomic E-state index is 6.22. The van der Waals surface area contributed by atoms with Gasteiger partial charge >= 0.3 is 0 Å². The summed E-state index contributed by atoms with van der Waals surface area (Å²) in [6.07, 6.45) is 3.52. The van der Waals surface area contributed by atoms with Gasteiger partial charge in [-0.2, -0.15) is 5.10 Å². The Morgan fingerprint density at radius 2 is 2.41 bits per heavy atom. The van der Waals surface area contributed by atoms with Gasteiger partial charge in [-0.1, -0.05) is 24.6 Å². The number of hydrogen-bond acceptors (Lipinski definition) is 3. The van der Waals surface area contributed by atoms with Crippen molar-refractivity contribution in [3.8, 4) is 0 Å². The fourth-order valence-corrected chi connectivity index (χ4v) is 2.92. The van der Waals surface area contributed by atoms with Crippen LogP contribution in [0.2, 0.25) is 5.02 Å². The Bertz CT molecular complexity index is 464. The Hall–Kier alpha value is -0.840. The average Bonchev–Trinajstić information content (AvgIpc) is 2.89.